The van der Waals surface area contributed by atoms with Crippen LogP contribution in [0, 0.1) is 6.92 Å². The average molecular weight is 386 g/mol. The van der Waals surface area contributed by atoms with Crippen LogP contribution in [0.1, 0.15) is 5.69 Å². The first-order valence-corrected chi connectivity index (χ1v) is 9.06. The summed E-state index contributed by atoms with van der Waals surface area (Å²) in [5, 5.41) is 10.1. The summed E-state index contributed by atoms with van der Waals surface area (Å²) in [6, 6.07) is 9.47. The van der Waals surface area contributed by atoms with E-state index < -0.39 is 0 Å². The number of aromatic nitrogens is 6. The Morgan fingerprint density at radius 3 is 2.72 bits per heavy atom. The summed E-state index contributed by atoms with van der Waals surface area (Å²) >= 11 is 0. The first kappa shape index (κ1) is 17.2. The fourth-order valence-corrected chi connectivity index (χ4v) is 3.46. The molecule has 0 unspecified atom stereocenters. The van der Waals surface area contributed by atoms with Gasteiger partial charge in [0, 0.05) is 30.0 Å². The number of methoxy groups -OCH3 is 2. The molecule has 0 amide bonds. The Morgan fingerprint density at radius 2 is 1.90 bits per heavy atom. The van der Waals surface area contributed by atoms with Crippen molar-refractivity contribution in [3.8, 4) is 28.4 Å². The minimum atomic E-state index is 0.700. The molecule has 0 saturated heterocycles. The third-order valence-electron chi connectivity index (χ3n) is 4.92. The van der Waals surface area contributed by atoms with E-state index in [1.54, 1.807) is 31.1 Å². The maximum atomic E-state index is 5.56. The van der Waals surface area contributed by atoms with Crippen LogP contribution in [0.5, 0.6) is 11.5 Å². The Morgan fingerprint density at radius 1 is 1.00 bits per heavy atom. The zero-order valence-electron chi connectivity index (χ0n) is 16.2. The van der Waals surface area contributed by atoms with Gasteiger partial charge in [-0.3, -0.25) is 4.98 Å². The number of ether oxygens (including phenoxy) is 2. The number of nitrogens with zero attached hydrogens (tertiary/aromatic N) is 6. The molecule has 8 nitrogen and oxygen atoms in total. The number of fused-ring (bicyclic) bond motifs is 2. The van der Waals surface area contributed by atoms with E-state index in [1.807, 2.05) is 54.3 Å². The molecule has 0 aliphatic rings. The monoisotopic (exact) mass is 386 g/mol. The van der Waals surface area contributed by atoms with E-state index in [9.17, 15) is 0 Å². The van der Waals surface area contributed by atoms with Gasteiger partial charge in [-0.25, -0.2) is 14.2 Å². The molecule has 4 heterocycles. The van der Waals surface area contributed by atoms with Crippen LogP contribution in [-0.2, 0) is 0 Å². The maximum absolute atomic E-state index is 5.56. The van der Waals surface area contributed by atoms with Gasteiger partial charge in [-0.1, -0.05) is 0 Å². The summed E-state index contributed by atoms with van der Waals surface area (Å²) in [4.78, 5) is 9.08. The highest BCUT2D eigenvalue weighted by Gasteiger charge is 2.17. The molecule has 29 heavy (non-hydrogen) atoms. The van der Waals surface area contributed by atoms with Gasteiger partial charge in [-0.15, -0.1) is 0 Å². The molecule has 0 radical (unpaired) electrons. The molecule has 0 aliphatic heterocycles. The molecule has 0 N–H and O–H groups in total. The molecule has 0 saturated carbocycles. The Balaban J connectivity index is 1.75. The van der Waals surface area contributed by atoms with Crippen molar-refractivity contribution < 1.29 is 9.47 Å². The van der Waals surface area contributed by atoms with Crippen LogP contribution in [0.25, 0.3) is 33.5 Å². The normalized spacial score (nSPS) is 11.3. The van der Waals surface area contributed by atoms with Crippen LogP contribution in [0.2, 0.25) is 0 Å². The third kappa shape index (κ3) is 2.68. The van der Waals surface area contributed by atoms with E-state index in [0.29, 0.717) is 5.75 Å². The minimum Gasteiger partial charge on any atom is -0.497 e. The number of rotatable bonds is 4. The van der Waals surface area contributed by atoms with Gasteiger partial charge in [-0.2, -0.15) is 10.2 Å². The van der Waals surface area contributed by atoms with Gasteiger partial charge >= 0.3 is 0 Å². The lowest BCUT2D eigenvalue weighted by molar-refractivity contribution is 0.401. The van der Waals surface area contributed by atoms with Crippen molar-refractivity contribution in [2.45, 2.75) is 6.92 Å². The van der Waals surface area contributed by atoms with Gasteiger partial charge < -0.3 is 9.47 Å². The summed E-state index contributed by atoms with van der Waals surface area (Å²) in [6.45, 7) is 1.96. The lowest BCUT2D eigenvalue weighted by atomic mass is 10.1. The largest absolute Gasteiger partial charge is 0.497 e. The second-order valence-electron chi connectivity index (χ2n) is 6.57. The topological polar surface area (TPSA) is 79.4 Å². The molecule has 0 atom stereocenters. The first-order chi connectivity index (χ1) is 14.2. The number of pyridine rings is 1. The number of benzene rings is 1. The zero-order chi connectivity index (χ0) is 20.0. The average Bonchev–Trinajstić information content (AvgIpc) is 3.34. The third-order valence-corrected chi connectivity index (χ3v) is 4.92. The highest BCUT2D eigenvalue weighted by molar-refractivity contribution is 5.88. The fraction of sp³-hybridized carbons (Fsp3) is 0.143. The molecule has 8 heteroatoms. The van der Waals surface area contributed by atoms with Gasteiger partial charge in [0.15, 0.2) is 5.65 Å². The van der Waals surface area contributed by atoms with Crippen molar-refractivity contribution in [3.05, 3.63) is 60.8 Å². The van der Waals surface area contributed by atoms with Crippen LogP contribution in [-0.4, -0.2) is 43.6 Å². The van der Waals surface area contributed by atoms with Crippen molar-refractivity contribution in [1.82, 2.24) is 29.4 Å². The predicted octanol–water partition coefficient (Wildman–Crippen LogP) is 3.46. The summed E-state index contributed by atoms with van der Waals surface area (Å²) in [6.07, 6.45) is 7.22. The molecule has 5 aromatic rings. The smallest absolute Gasteiger partial charge is 0.164 e. The van der Waals surface area contributed by atoms with Gasteiger partial charge in [-0.05, 0) is 31.2 Å². The summed E-state index contributed by atoms with van der Waals surface area (Å²) < 4.78 is 14.5. The highest BCUT2D eigenvalue weighted by Crippen LogP contribution is 2.32. The van der Waals surface area contributed by atoms with Crippen LogP contribution in [0.3, 0.4) is 0 Å². The lowest BCUT2D eigenvalue weighted by Crippen LogP contribution is -2.01. The molecule has 4 aromatic heterocycles. The first-order valence-electron chi connectivity index (χ1n) is 9.06. The second-order valence-corrected chi connectivity index (χ2v) is 6.57. The molecule has 144 valence electrons. The van der Waals surface area contributed by atoms with E-state index in [4.69, 9.17) is 14.6 Å². The molecule has 0 fully saturated rings. The molecule has 0 bridgehead atoms. The molecule has 5 rings (SSSR count). The SMILES string of the molecule is COc1ccc(OC)c(-n2nc(C)c3cnc(-c4cnn5cccnc45)cc32)c1. The highest BCUT2D eigenvalue weighted by atomic mass is 16.5. The van der Waals surface area contributed by atoms with E-state index in [1.165, 1.54) is 0 Å². The number of aryl methyl sites for hydroxylation is 1. The van der Waals surface area contributed by atoms with Crippen molar-refractivity contribution in [2.75, 3.05) is 14.2 Å². The van der Waals surface area contributed by atoms with Crippen molar-refractivity contribution >= 4 is 16.6 Å². The van der Waals surface area contributed by atoms with Crippen LogP contribution in [0.15, 0.2) is 55.1 Å². The van der Waals surface area contributed by atoms with Crippen LogP contribution in [0.4, 0.5) is 0 Å². The van der Waals surface area contributed by atoms with Crippen LogP contribution >= 0.6 is 0 Å². The van der Waals surface area contributed by atoms with E-state index in [0.717, 1.165) is 44.9 Å². The molecular weight excluding hydrogens is 368 g/mol. The van der Waals surface area contributed by atoms with Crippen LogP contribution < -0.4 is 9.47 Å². The lowest BCUT2D eigenvalue weighted by Gasteiger charge is -2.11. The fourth-order valence-electron chi connectivity index (χ4n) is 3.46. The quantitative estimate of drug-likeness (QED) is 0.471. The van der Waals surface area contributed by atoms with Crippen molar-refractivity contribution in [2.24, 2.45) is 0 Å². The maximum Gasteiger partial charge on any atom is 0.164 e. The van der Waals surface area contributed by atoms with Gasteiger partial charge in [0.25, 0.3) is 0 Å². The summed E-state index contributed by atoms with van der Waals surface area (Å²) in [5.74, 6) is 1.43. The second kappa shape index (κ2) is 6.59. The zero-order valence-corrected chi connectivity index (χ0v) is 16.2. The van der Waals surface area contributed by atoms with Gasteiger partial charge in [0.2, 0.25) is 0 Å². The summed E-state index contributed by atoms with van der Waals surface area (Å²) in [7, 11) is 3.28. The number of hydrogen-bond donors (Lipinski definition) is 0. The van der Waals surface area contributed by atoms with E-state index in [-0.39, 0.29) is 0 Å². The standard InChI is InChI=1S/C21H18N6O2/c1-13-15-11-23-17(16-12-24-26-8-4-7-22-21(16)26)10-18(15)27(25-13)19-9-14(28-2)5-6-20(19)29-3/h4-12H,1-3H3. The van der Waals surface area contributed by atoms with Crippen molar-refractivity contribution in [1.29, 1.82) is 0 Å². The molecule has 0 aliphatic carbocycles. The minimum absolute atomic E-state index is 0.700. The number of hydrogen-bond acceptors (Lipinski definition) is 6. The molecule has 0 spiro atoms. The molecule has 1 aromatic carbocycles. The summed E-state index contributed by atoms with van der Waals surface area (Å²) in [5.41, 5.74) is 4.96. The Bertz CT molecular complexity index is 1350. The van der Waals surface area contributed by atoms with Gasteiger partial charge in [0.1, 0.15) is 17.2 Å². The van der Waals surface area contributed by atoms with Gasteiger partial charge in [0.05, 0.1) is 42.9 Å². The van der Waals surface area contributed by atoms with Crippen molar-refractivity contribution in [3.63, 3.8) is 0 Å². The van der Waals surface area contributed by atoms with E-state index in [2.05, 4.69) is 15.1 Å². The molecular formula is C21H18N6O2. The van der Waals surface area contributed by atoms with E-state index >= 15 is 0 Å². The Labute approximate surface area is 166 Å². The Kier molecular flexibility index (Phi) is 3.90. The Hall–Kier alpha value is -3.94. The predicted molar refractivity (Wildman–Crippen MR) is 109 cm³/mol.